The van der Waals surface area contributed by atoms with Gasteiger partial charge in [0.15, 0.2) is 11.5 Å². The van der Waals surface area contributed by atoms with Gasteiger partial charge in [0.2, 0.25) is 22.7 Å². The van der Waals surface area contributed by atoms with Crippen LogP contribution in [0.1, 0.15) is 27.6 Å². The summed E-state index contributed by atoms with van der Waals surface area (Å²) in [6, 6.07) is 7.63. The molecule has 10 nitrogen and oxygen atoms in total. The summed E-state index contributed by atoms with van der Waals surface area (Å²) < 4.78 is 34.7. The van der Waals surface area contributed by atoms with Crippen LogP contribution in [0, 0.1) is 0 Å². The largest absolute Gasteiger partial charge is 0.454 e. The Morgan fingerprint density at radius 1 is 1.16 bits per heavy atom. The van der Waals surface area contributed by atoms with Crippen molar-refractivity contribution in [3.63, 3.8) is 0 Å². The van der Waals surface area contributed by atoms with E-state index < -0.39 is 21.8 Å². The second kappa shape index (κ2) is 9.04. The molecular formula is C19H21N3O7S2. The minimum absolute atomic E-state index is 0.132. The van der Waals surface area contributed by atoms with Gasteiger partial charge in [-0.2, -0.15) is 0 Å². The third-order valence-corrected chi connectivity index (χ3v) is 7.13. The molecule has 0 saturated carbocycles. The number of fused-ring (bicyclic) bond motifs is 2. The Hall–Kier alpha value is -2.96. The Kier molecular flexibility index (Phi) is 6.62. The van der Waals surface area contributed by atoms with E-state index in [2.05, 4.69) is 5.32 Å². The molecule has 0 bridgehead atoms. The lowest BCUT2D eigenvalue weighted by Crippen LogP contribution is -2.37. The zero-order valence-electron chi connectivity index (χ0n) is 17.1. The maximum Gasteiger partial charge on any atom is 0.264 e. The number of carbonyl (C=O) groups is 3. The van der Waals surface area contributed by atoms with Crippen LogP contribution in [-0.2, 0) is 14.8 Å². The smallest absolute Gasteiger partial charge is 0.264 e. The van der Waals surface area contributed by atoms with Crippen molar-refractivity contribution in [2.45, 2.75) is 6.92 Å². The highest BCUT2D eigenvalue weighted by molar-refractivity contribution is 7.89. The quantitative estimate of drug-likeness (QED) is 0.663. The Morgan fingerprint density at radius 2 is 1.77 bits per heavy atom. The van der Waals surface area contributed by atoms with E-state index >= 15 is 0 Å². The van der Waals surface area contributed by atoms with Crippen LogP contribution in [0.5, 0.6) is 11.5 Å². The summed E-state index contributed by atoms with van der Waals surface area (Å²) in [5, 5.41) is 4.29. The third kappa shape index (κ3) is 4.86. The van der Waals surface area contributed by atoms with E-state index in [4.69, 9.17) is 9.47 Å². The molecule has 0 atom stereocenters. The standard InChI is InChI=1S/C12H15N3O5S2.C7H6O2/c1-7(16)13-10-9-8(6-21-10)11(17)15(12(9)18)4-5-22(19,20)14(2)3;1-2-4-7-6(3-1)8-5-9-7/h6H,4-5H2,1-3H3,(H,13,16);1-4H,5H2. The summed E-state index contributed by atoms with van der Waals surface area (Å²) in [6.07, 6.45) is 0. The van der Waals surface area contributed by atoms with Gasteiger partial charge in [-0.1, -0.05) is 12.1 Å². The molecule has 31 heavy (non-hydrogen) atoms. The fourth-order valence-electron chi connectivity index (χ4n) is 2.79. The SMILES string of the molecule is CC(=O)Nc1scc2c1C(=O)N(CCS(=O)(=O)N(C)C)C2=O.c1ccc2c(c1)OCO2. The van der Waals surface area contributed by atoms with Gasteiger partial charge in [0, 0.05) is 32.9 Å². The highest BCUT2D eigenvalue weighted by Gasteiger charge is 2.39. The van der Waals surface area contributed by atoms with Gasteiger partial charge in [-0.05, 0) is 12.1 Å². The molecular weight excluding hydrogens is 446 g/mol. The molecule has 2 aromatic rings. The molecule has 1 N–H and O–H groups in total. The van der Waals surface area contributed by atoms with Crippen LogP contribution in [0.2, 0.25) is 0 Å². The molecule has 0 saturated heterocycles. The summed E-state index contributed by atoms with van der Waals surface area (Å²) in [5.41, 5.74) is 0.327. The van der Waals surface area contributed by atoms with Crippen LogP contribution < -0.4 is 14.8 Å². The van der Waals surface area contributed by atoms with Crippen LogP contribution in [0.3, 0.4) is 0 Å². The second-order valence-electron chi connectivity index (χ2n) is 6.75. The first-order chi connectivity index (χ1) is 14.6. The topological polar surface area (TPSA) is 122 Å². The molecule has 0 unspecified atom stereocenters. The van der Waals surface area contributed by atoms with Gasteiger partial charge in [-0.25, -0.2) is 12.7 Å². The summed E-state index contributed by atoms with van der Waals surface area (Å²) in [4.78, 5) is 36.5. The number of para-hydroxylation sites is 2. The number of imide groups is 1. The van der Waals surface area contributed by atoms with Crippen LogP contribution in [0.4, 0.5) is 5.00 Å². The lowest BCUT2D eigenvalue weighted by molar-refractivity contribution is -0.114. The number of benzene rings is 1. The number of rotatable bonds is 5. The van der Waals surface area contributed by atoms with Crippen LogP contribution in [0.25, 0.3) is 0 Å². The molecule has 166 valence electrons. The van der Waals surface area contributed by atoms with E-state index in [0.29, 0.717) is 11.8 Å². The molecule has 3 heterocycles. The number of hydrogen-bond acceptors (Lipinski definition) is 8. The fourth-order valence-corrected chi connectivity index (χ4v) is 4.54. The molecule has 2 aliphatic heterocycles. The molecule has 2 aliphatic rings. The Balaban J connectivity index is 0.000000248. The van der Waals surface area contributed by atoms with Gasteiger partial charge in [0.05, 0.1) is 16.9 Å². The first-order valence-corrected chi connectivity index (χ1v) is 11.6. The minimum atomic E-state index is -3.51. The van der Waals surface area contributed by atoms with Gasteiger partial charge < -0.3 is 14.8 Å². The van der Waals surface area contributed by atoms with Crippen LogP contribution in [0.15, 0.2) is 29.6 Å². The van der Waals surface area contributed by atoms with Crippen molar-refractivity contribution in [3.05, 3.63) is 40.8 Å². The molecule has 1 aromatic heterocycles. The van der Waals surface area contributed by atoms with Crippen molar-refractivity contribution in [2.75, 3.05) is 38.5 Å². The van der Waals surface area contributed by atoms with Crippen LogP contribution in [-0.4, -0.2) is 68.5 Å². The van der Waals surface area contributed by atoms with Gasteiger partial charge in [0.25, 0.3) is 11.8 Å². The number of sulfonamides is 1. The average molecular weight is 468 g/mol. The maximum atomic E-state index is 12.3. The van der Waals surface area contributed by atoms with Crippen molar-refractivity contribution in [3.8, 4) is 11.5 Å². The summed E-state index contributed by atoms with van der Waals surface area (Å²) >= 11 is 1.09. The predicted molar refractivity (Wildman–Crippen MR) is 114 cm³/mol. The third-order valence-electron chi connectivity index (χ3n) is 4.42. The van der Waals surface area contributed by atoms with E-state index in [-0.39, 0.29) is 29.3 Å². The molecule has 0 spiro atoms. The summed E-state index contributed by atoms with van der Waals surface area (Å²) in [6.45, 7) is 1.44. The number of nitrogens with zero attached hydrogens (tertiary/aromatic N) is 2. The number of hydrogen-bond donors (Lipinski definition) is 1. The van der Waals surface area contributed by atoms with Crippen molar-refractivity contribution in [1.29, 1.82) is 0 Å². The lowest BCUT2D eigenvalue weighted by atomic mass is 10.2. The molecule has 1 aromatic carbocycles. The Bertz CT molecular complexity index is 1100. The molecule has 12 heteroatoms. The monoisotopic (exact) mass is 467 g/mol. The average Bonchev–Trinajstić information content (AvgIpc) is 3.39. The fraction of sp³-hybridized carbons (Fsp3) is 0.316. The number of thiophene rings is 1. The summed E-state index contributed by atoms with van der Waals surface area (Å²) in [5.74, 6) is -0.130. The summed E-state index contributed by atoms with van der Waals surface area (Å²) in [7, 11) is -0.746. The minimum Gasteiger partial charge on any atom is -0.454 e. The Morgan fingerprint density at radius 3 is 2.32 bits per heavy atom. The number of anilines is 1. The van der Waals surface area contributed by atoms with Gasteiger partial charge in [0.1, 0.15) is 5.00 Å². The maximum absolute atomic E-state index is 12.3. The highest BCUT2D eigenvalue weighted by atomic mass is 32.2. The number of amides is 3. The first-order valence-electron chi connectivity index (χ1n) is 9.12. The number of ether oxygens (including phenoxy) is 2. The van der Waals surface area contributed by atoms with Crippen molar-refractivity contribution < 1.29 is 32.3 Å². The highest BCUT2D eigenvalue weighted by Crippen LogP contribution is 2.35. The number of nitrogens with one attached hydrogen (secondary N) is 1. The van der Waals surface area contributed by atoms with E-state index in [1.54, 1.807) is 0 Å². The Labute approximate surface area is 183 Å². The zero-order valence-corrected chi connectivity index (χ0v) is 18.7. The molecule has 3 amide bonds. The van der Waals surface area contributed by atoms with E-state index in [9.17, 15) is 22.8 Å². The van der Waals surface area contributed by atoms with E-state index in [1.807, 2.05) is 24.3 Å². The van der Waals surface area contributed by atoms with Gasteiger partial charge in [-0.3, -0.25) is 19.3 Å². The van der Waals surface area contributed by atoms with Crippen molar-refractivity contribution >= 4 is 44.1 Å². The molecule has 4 rings (SSSR count). The lowest BCUT2D eigenvalue weighted by Gasteiger charge is -2.16. The van der Waals surface area contributed by atoms with Gasteiger partial charge in [-0.15, -0.1) is 11.3 Å². The van der Waals surface area contributed by atoms with Crippen LogP contribution >= 0.6 is 11.3 Å². The van der Waals surface area contributed by atoms with Crippen molar-refractivity contribution in [2.24, 2.45) is 0 Å². The molecule has 0 radical (unpaired) electrons. The second-order valence-corrected chi connectivity index (χ2v) is 9.93. The number of carbonyl (C=O) groups excluding carboxylic acids is 3. The van der Waals surface area contributed by atoms with E-state index in [1.165, 1.54) is 26.4 Å². The molecule has 0 aliphatic carbocycles. The zero-order chi connectivity index (χ0) is 22.8. The van der Waals surface area contributed by atoms with Gasteiger partial charge >= 0.3 is 0 Å². The van der Waals surface area contributed by atoms with E-state index in [0.717, 1.165) is 32.0 Å². The predicted octanol–water partition coefficient (Wildman–Crippen LogP) is 1.61. The normalized spacial score (nSPS) is 14.4. The molecule has 0 fully saturated rings. The van der Waals surface area contributed by atoms with Crippen molar-refractivity contribution in [1.82, 2.24) is 9.21 Å². The first kappa shape index (κ1) is 22.7.